The zero-order chi connectivity index (χ0) is 15.5. The Morgan fingerprint density at radius 2 is 2.24 bits per heavy atom. The van der Waals surface area contributed by atoms with Crippen LogP contribution in [-0.4, -0.2) is 37.3 Å². The van der Waals surface area contributed by atoms with Gasteiger partial charge in [-0.25, -0.2) is 13.4 Å². The Morgan fingerprint density at radius 1 is 1.48 bits per heavy atom. The quantitative estimate of drug-likeness (QED) is 0.858. The molecule has 0 aliphatic carbocycles. The number of hydrogen-bond acceptors (Lipinski definition) is 4. The Kier molecular flexibility index (Phi) is 5.62. The Balaban J connectivity index is 2.36. The zero-order valence-electron chi connectivity index (χ0n) is 12.5. The summed E-state index contributed by atoms with van der Waals surface area (Å²) in [6, 6.07) is 1.63. The molecule has 1 aliphatic rings. The van der Waals surface area contributed by atoms with Crippen molar-refractivity contribution in [3.8, 4) is 0 Å². The molecule has 1 aliphatic heterocycles. The van der Waals surface area contributed by atoms with Gasteiger partial charge in [-0.1, -0.05) is 13.3 Å². The topological polar surface area (TPSA) is 62.3 Å². The van der Waals surface area contributed by atoms with Crippen molar-refractivity contribution in [1.82, 2.24) is 9.29 Å². The van der Waals surface area contributed by atoms with Gasteiger partial charge in [0.25, 0.3) is 0 Å². The third kappa shape index (κ3) is 3.76. The van der Waals surface area contributed by atoms with E-state index in [4.69, 9.17) is 0 Å². The number of pyridine rings is 1. The smallest absolute Gasteiger partial charge is 0.246 e. The van der Waals surface area contributed by atoms with Gasteiger partial charge in [0.15, 0.2) is 0 Å². The highest BCUT2D eigenvalue weighted by atomic mass is 79.9. The molecule has 1 atom stereocenters. The molecule has 1 unspecified atom stereocenters. The van der Waals surface area contributed by atoms with Crippen LogP contribution >= 0.6 is 15.9 Å². The SMILES string of the molecule is CCNc1ncc(Br)cc1S(=O)(=O)N1CCCC(CC)C1. The summed E-state index contributed by atoms with van der Waals surface area (Å²) in [5, 5.41) is 3.04. The first-order valence-corrected chi connectivity index (χ1v) is 9.61. The molecule has 21 heavy (non-hydrogen) atoms. The zero-order valence-corrected chi connectivity index (χ0v) is 14.9. The Labute approximate surface area is 135 Å². The summed E-state index contributed by atoms with van der Waals surface area (Å²) in [6.45, 7) is 5.88. The number of anilines is 1. The van der Waals surface area contributed by atoms with Crippen LogP contribution in [0.4, 0.5) is 5.82 Å². The highest BCUT2D eigenvalue weighted by Gasteiger charge is 2.31. The first-order chi connectivity index (χ1) is 9.98. The monoisotopic (exact) mass is 375 g/mol. The summed E-state index contributed by atoms with van der Waals surface area (Å²) >= 11 is 3.32. The van der Waals surface area contributed by atoms with Gasteiger partial charge in [0.05, 0.1) is 0 Å². The van der Waals surface area contributed by atoms with Gasteiger partial charge in [-0.2, -0.15) is 4.31 Å². The van der Waals surface area contributed by atoms with E-state index in [-0.39, 0.29) is 4.90 Å². The van der Waals surface area contributed by atoms with Crippen molar-refractivity contribution < 1.29 is 8.42 Å². The Morgan fingerprint density at radius 3 is 2.90 bits per heavy atom. The molecule has 2 rings (SSSR count). The van der Waals surface area contributed by atoms with Gasteiger partial charge >= 0.3 is 0 Å². The minimum absolute atomic E-state index is 0.260. The van der Waals surface area contributed by atoms with E-state index >= 15 is 0 Å². The lowest BCUT2D eigenvalue weighted by atomic mass is 9.97. The lowest BCUT2D eigenvalue weighted by Gasteiger charge is -2.31. The molecule has 7 heteroatoms. The van der Waals surface area contributed by atoms with Crippen molar-refractivity contribution in [2.24, 2.45) is 5.92 Å². The van der Waals surface area contributed by atoms with Crippen LogP contribution in [0.25, 0.3) is 0 Å². The van der Waals surface area contributed by atoms with Gasteiger partial charge < -0.3 is 5.32 Å². The van der Waals surface area contributed by atoms with Crippen molar-refractivity contribution in [2.45, 2.75) is 38.0 Å². The summed E-state index contributed by atoms with van der Waals surface area (Å²) in [6.07, 6.45) is 4.67. The molecule has 2 heterocycles. The average Bonchev–Trinajstić information content (AvgIpc) is 2.49. The predicted molar refractivity (Wildman–Crippen MR) is 87.9 cm³/mol. The van der Waals surface area contributed by atoms with Gasteiger partial charge in [-0.3, -0.25) is 0 Å². The maximum absolute atomic E-state index is 12.9. The van der Waals surface area contributed by atoms with E-state index in [1.54, 1.807) is 16.6 Å². The number of sulfonamides is 1. The van der Waals surface area contributed by atoms with Crippen molar-refractivity contribution in [3.05, 3.63) is 16.7 Å². The largest absolute Gasteiger partial charge is 0.369 e. The maximum atomic E-state index is 12.9. The van der Waals surface area contributed by atoms with Gasteiger partial charge in [-0.15, -0.1) is 0 Å². The Hall–Kier alpha value is -0.660. The number of rotatable bonds is 5. The molecule has 0 amide bonds. The fourth-order valence-electron chi connectivity index (χ4n) is 2.64. The van der Waals surface area contributed by atoms with Crippen molar-refractivity contribution >= 4 is 31.8 Å². The van der Waals surface area contributed by atoms with Crippen LogP contribution in [0.2, 0.25) is 0 Å². The number of halogens is 1. The average molecular weight is 376 g/mol. The fraction of sp³-hybridized carbons (Fsp3) is 0.643. The molecule has 0 aromatic carbocycles. The molecule has 1 N–H and O–H groups in total. The maximum Gasteiger partial charge on any atom is 0.246 e. The number of piperidine rings is 1. The van der Waals surface area contributed by atoms with Crippen LogP contribution in [0.15, 0.2) is 21.6 Å². The predicted octanol–water partition coefficient (Wildman–Crippen LogP) is 3.09. The van der Waals surface area contributed by atoms with Crippen LogP contribution in [-0.2, 0) is 10.0 Å². The van der Waals surface area contributed by atoms with Crippen molar-refractivity contribution in [2.75, 3.05) is 25.0 Å². The van der Waals surface area contributed by atoms with E-state index in [0.29, 0.717) is 35.8 Å². The number of aromatic nitrogens is 1. The second-order valence-electron chi connectivity index (χ2n) is 5.31. The second kappa shape index (κ2) is 7.07. The van der Waals surface area contributed by atoms with Crippen LogP contribution in [0.3, 0.4) is 0 Å². The normalized spacial score (nSPS) is 20.4. The van der Waals surface area contributed by atoms with E-state index in [2.05, 4.69) is 33.2 Å². The fourth-order valence-corrected chi connectivity index (χ4v) is 4.82. The summed E-state index contributed by atoms with van der Waals surface area (Å²) in [5.74, 6) is 0.885. The molecule has 0 spiro atoms. The molecule has 0 bridgehead atoms. The lowest BCUT2D eigenvalue weighted by molar-refractivity contribution is 0.261. The molecular formula is C14H22BrN3O2S. The minimum atomic E-state index is -3.50. The number of nitrogens with one attached hydrogen (secondary N) is 1. The summed E-state index contributed by atoms with van der Waals surface area (Å²) in [7, 11) is -3.50. The molecular weight excluding hydrogens is 354 g/mol. The van der Waals surface area contributed by atoms with Gasteiger partial charge in [0.2, 0.25) is 10.0 Å². The van der Waals surface area contributed by atoms with Crippen molar-refractivity contribution in [3.63, 3.8) is 0 Å². The standard InChI is InChI=1S/C14H22BrN3O2S/c1-3-11-6-5-7-18(10-11)21(19,20)13-8-12(15)9-17-14(13)16-4-2/h8-9,11H,3-7,10H2,1-2H3,(H,16,17). The first kappa shape index (κ1) is 16.7. The third-order valence-corrected chi connectivity index (χ3v) is 6.15. The summed E-state index contributed by atoms with van der Waals surface area (Å²) in [5.41, 5.74) is 0. The van der Waals surface area contributed by atoms with E-state index in [1.165, 1.54) is 0 Å². The van der Waals surface area contributed by atoms with E-state index in [0.717, 1.165) is 19.3 Å². The molecule has 0 radical (unpaired) electrons. The highest BCUT2D eigenvalue weighted by molar-refractivity contribution is 9.10. The molecule has 5 nitrogen and oxygen atoms in total. The molecule has 1 aromatic heterocycles. The second-order valence-corrected chi connectivity index (χ2v) is 8.13. The molecule has 1 saturated heterocycles. The Bertz CT molecular complexity index is 592. The van der Waals surface area contributed by atoms with Crippen molar-refractivity contribution in [1.29, 1.82) is 0 Å². The van der Waals surface area contributed by atoms with Crippen LogP contribution in [0, 0.1) is 5.92 Å². The summed E-state index contributed by atoms with van der Waals surface area (Å²) < 4.78 is 28.1. The highest BCUT2D eigenvalue weighted by Crippen LogP contribution is 2.29. The lowest BCUT2D eigenvalue weighted by Crippen LogP contribution is -2.40. The van der Waals surface area contributed by atoms with Crippen LogP contribution in [0.5, 0.6) is 0 Å². The molecule has 1 fully saturated rings. The van der Waals surface area contributed by atoms with Crippen LogP contribution in [0.1, 0.15) is 33.1 Å². The molecule has 118 valence electrons. The van der Waals surface area contributed by atoms with Crippen LogP contribution < -0.4 is 5.32 Å². The summed E-state index contributed by atoms with van der Waals surface area (Å²) in [4.78, 5) is 4.46. The minimum Gasteiger partial charge on any atom is -0.369 e. The van der Waals surface area contributed by atoms with Gasteiger partial charge in [-0.05, 0) is 47.7 Å². The van der Waals surface area contributed by atoms with E-state index < -0.39 is 10.0 Å². The van der Waals surface area contributed by atoms with E-state index in [9.17, 15) is 8.42 Å². The van der Waals surface area contributed by atoms with Gasteiger partial charge in [0.1, 0.15) is 10.7 Å². The number of hydrogen-bond donors (Lipinski definition) is 1. The first-order valence-electron chi connectivity index (χ1n) is 7.38. The molecule has 0 saturated carbocycles. The number of nitrogens with zero attached hydrogens (tertiary/aromatic N) is 2. The third-order valence-electron chi connectivity index (χ3n) is 3.84. The van der Waals surface area contributed by atoms with Gasteiger partial charge in [0, 0.05) is 30.3 Å². The molecule has 1 aromatic rings. The van der Waals surface area contributed by atoms with E-state index in [1.807, 2.05) is 6.92 Å².